The molecule has 1 aliphatic rings. The summed E-state index contributed by atoms with van der Waals surface area (Å²) in [5.41, 5.74) is 9.74. The molecule has 178 valence electrons. The van der Waals surface area contributed by atoms with E-state index >= 15 is 0 Å². The molecule has 0 bridgehead atoms. The average Bonchev–Trinajstić information content (AvgIpc) is 3.17. The number of aryl methyl sites for hydroxylation is 1. The minimum atomic E-state index is -0.501. The summed E-state index contributed by atoms with van der Waals surface area (Å²) >= 11 is 0. The lowest BCUT2D eigenvalue weighted by atomic mass is 10.1. The number of anilines is 4. The zero-order chi connectivity index (χ0) is 23.8. The quantitative estimate of drug-likeness (QED) is 0.325. The Morgan fingerprint density at radius 2 is 2.15 bits per heavy atom. The maximum atomic E-state index is 12.4. The lowest BCUT2D eigenvalue weighted by molar-refractivity contribution is 0.0966. The van der Waals surface area contributed by atoms with E-state index in [0.717, 1.165) is 24.1 Å². The first-order chi connectivity index (χ1) is 15.9. The molecule has 3 rings (SSSR count). The van der Waals surface area contributed by atoms with Crippen molar-refractivity contribution in [3.05, 3.63) is 41.0 Å². The molecule has 2 aromatic rings. The molecule has 33 heavy (non-hydrogen) atoms. The summed E-state index contributed by atoms with van der Waals surface area (Å²) in [6.45, 7) is 5.28. The number of nitrogens with two attached hydrogens (primary N) is 1. The first-order valence-corrected chi connectivity index (χ1v) is 11.0. The molecule has 10 heteroatoms. The van der Waals surface area contributed by atoms with E-state index in [1.807, 2.05) is 38.1 Å². The van der Waals surface area contributed by atoms with Crippen LogP contribution >= 0.6 is 0 Å². The Morgan fingerprint density at radius 3 is 2.88 bits per heavy atom. The van der Waals surface area contributed by atoms with Crippen molar-refractivity contribution in [1.29, 1.82) is 0 Å². The highest BCUT2D eigenvalue weighted by Crippen LogP contribution is 2.34. The van der Waals surface area contributed by atoms with Crippen molar-refractivity contribution in [2.24, 2.45) is 0 Å². The Morgan fingerprint density at radius 1 is 1.33 bits per heavy atom. The highest BCUT2D eigenvalue weighted by atomic mass is 16.5. The van der Waals surface area contributed by atoms with Crippen molar-refractivity contribution in [2.45, 2.75) is 39.3 Å². The van der Waals surface area contributed by atoms with Crippen LogP contribution < -0.4 is 27.0 Å². The van der Waals surface area contributed by atoms with E-state index in [9.17, 15) is 9.59 Å². The number of fused-ring (bicyclic) bond motifs is 1. The molecule has 0 spiro atoms. The van der Waals surface area contributed by atoms with Crippen molar-refractivity contribution in [3.63, 3.8) is 0 Å². The fourth-order valence-corrected chi connectivity index (χ4v) is 3.51. The Kier molecular flexibility index (Phi) is 8.31. The maximum Gasteiger partial charge on any atom is 0.407 e. The molecular weight excluding hydrogens is 424 g/mol. The topological polar surface area (TPSA) is 140 Å². The number of hydrogen-bond donors (Lipinski definition) is 5. The third kappa shape index (κ3) is 6.26. The van der Waals surface area contributed by atoms with Gasteiger partial charge in [-0.25, -0.2) is 9.78 Å². The number of carbonyl (C=O) groups is 2. The van der Waals surface area contributed by atoms with Crippen LogP contribution in [0, 0.1) is 6.92 Å². The molecule has 0 unspecified atom stereocenters. The Labute approximate surface area is 193 Å². The molecule has 1 aromatic carbocycles. The number of nitrogen functional groups attached to an aromatic ring is 1. The largest absolute Gasteiger partial charge is 0.450 e. The van der Waals surface area contributed by atoms with E-state index in [-0.39, 0.29) is 18.6 Å². The summed E-state index contributed by atoms with van der Waals surface area (Å²) in [6, 6.07) is 7.41. The van der Waals surface area contributed by atoms with Crippen LogP contribution in [0.4, 0.5) is 27.8 Å². The Balaban J connectivity index is 1.77. The lowest BCUT2D eigenvalue weighted by Crippen LogP contribution is -2.43. The number of pyridine rings is 1. The summed E-state index contributed by atoms with van der Waals surface area (Å²) in [5, 5.41) is 12.0. The smallest absolute Gasteiger partial charge is 0.407 e. The van der Waals surface area contributed by atoms with Crippen molar-refractivity contribution in [1.82, 2.24) is 15.6 Å². The van der Waals surface area contributed by atoms with Crippen LogP contribution in [0.1, 0.15) is 41.3 Å². The van der Waals surface area contributed by atoms with Gasteiger partial charge in [-0.3, -0.25) is 4.79 Å². The van der Waals surface area contributed by atoms with Crippen LogP contribution in [0.3, 0.4) is 0 Å². The van der Waals surface area contributed by atoms with Crippen molar-refractivity contribution in [2.75, 3.05) is 43.2 Å². The molecule has 0 aliphatic carbocycles. The first kappa shape index (κ1) is 24.1. The Hall–Kier alpha value is -3.53. The number of benzene rings is 1. The highest BCUT2D eigenvalue weighted by Gasteiger charge is 2.28. The van der Waals surface area contributed by atoms with Gasteiger partial charge in [0.1, 0.15) is 5.82 Å². The number of amides is 2. The minimum Gasteiger partial charge on any atom is -0.450 e. The van der Waals surface area contributed by atoms with E-state index in [1.165, 1.54) is 0 Å². The molecule has 10 nitrogen and oxygen atoms in total. The van der Waals surface area contributed by atoms with Crippen LogP contribution in [0.2, 0.25) is 0 Å². The number of ether oxygens (including phenoxy) is 2. The number of rotatable bonds is 11. The van der Waals surface area contributed by atoms with E-state index in [4.69, 9.17) is 15.2 Å². The van der Waals surface area contributed by atoms with E-state index in [1.54, 1.807) is 7.11 Å². The van der Waals surface area contributed by atoms with Crippen LogP contribution in [0.15, 0.2) is 24.3 Å². The molecule has 0 saturated heterocycles. The van der Waals surface area contributed by atoms with Gasteiger partial charge in [-0.05, 0) is 31.0 Å². The van der Waals surface area contributed by atoms with Gasteiger partial charge in [0.05, 0.1) is 30.5 Å². The molecule has 1 aromatic heterocycles. The highest BCUT2D eigenvalue weighted by molar-refractivity contribution is 6.05. The van der Waals surface area contributed by atoms with Gasteiger partial charge in [-0.15, -0.1) is 0 Å². The number of nitrogens with zero attached hydrogens (tertiary/aromatic N) is 1. The van der Waals surface area contributed by atoms with Gasteiger partial charge in [-0.2, -0.15) is 0 Å². The van der Waals surface area contributed by atoms with Gasteiger partial charge in [0, 0.05) is 31.5 Å². The summed E-state index contributed by atoms with van der Waals surface area (Å²) in [5.74, 6) is 0.611. The van der Waals surface area contributed by atoms with Crippen LogP contribution in [0.5, 0.6) is 0 Å². The zero-order valence-electron chi connectivity index (χ0n) is 19.3. The predicted octanol–water partition coefficient (Wildman–Crippen LogP) is 2.91. The van der Waals surface area contributed by atoms with E-state index in [0.29, 0.717) is 48.1 Å². The monoisotopic (exact) mass is 456 g/mol. The number of alkyl carbamates (subject to hydrolysis) is 1. The molecular formula is C23H32N6O4. The summed E-state index contributed by atoms with van der Waals surface area (Å²) in [4.78, 5) is 29.1. The molecule has 2 amide bonds. The van der Waals surface area contributed by atoms with E-state index < -0.39 is 6.09 Å². The molecule has 2 heterocycles. The van der Waals surface area contributed by atoms with Crippen LogP contribution in [-0.2, 0) is 16.0 Å². The fraction of sp³-hybridized carbons (Fsp3) is 0.435. The van der Waals surface area contributed by atoms with Crippen LogP contribution in [-0.4, -0.2) is 49.9 Å². The number of unbranched alkanes of at least 4 members (excludes halogenated alkanes) is 1. The van der Waals surface area contributed by atoms with Gasteiger partial charge >= 0.3 is 6.09 Å². The normalized spacial score (nSPS) is 13.1. The number of aromatic nitrogens is 1. The second-order valence-electron chi connectivity index (χ2n) is 7.92. The number of hydrogen-bond acceptors (Lipinski definition) is 8. The molecule has 0 saturated carbocycles. The number of nitrogens with one attached hydrogen (secondary N) is 4. The lowest BCUT2D eigenvalue weighted by Gasteiger charge is -2.20. The molecule has 0 radical (unpaired) electrons. The van der Waals surface area contributed by atoms with Crippen molar-refractivity contribution >= 4 is 35.0 Å². The molecule has 0 fully saturated rings. The second-order valence-corrected chi connectivity index (χ2v) is 7.92. The first-order valence-electron chi connectivity index (χ1n) is 11.0. The van der Waals surface area contributed by atoms with Crippen molar-refractivity contribution < 1.29 is 19.1 Å². The van der Waals surface area contributed by atoms with Gasteiger partial charge in [-0.1, -0.05) is 25.5 Å². The SMILES string of the molecule is CCCCOC(=O)N[C@H](CNc1nc(Nc2cccc(C)c2)c2c(c1N)CNC2=O)COC. The van der Waals surface area contributed by atoms with Gasteiger partial charge < -0.3 is 36.5 Å². The molecule has 1 aliphatic heterocycles. The predicted molar refractivity (Wildman–Crippen MR) is 128 cm³/mol. The van der Waals surface area contributed by atoms with Crippen molar-refractivity contribution in [3.8, 4) is 0 Å². The Bertz CT molecular complexity index is 997. The second kappa shape index (κ2) is 11.4. The third-order valence-electron chi connectivity index (χ3n) is 5.21. The minimum absolute atomic E-state index is 0.223. The standard InChI is InChI=1S/C23H32N6O4/c1-4-5-9-33-23(31)28-16(13-32-3)11-25-21-19(24)17-12-26-22(30)18(17)20(29-21)27-15-8-6-7-14(2)10-15/h6-8,10,16H,4-5,9,11-13,24H2,1-3H3,(H,26,30)(H,28,31)(H2,25,27,29)/t16-/m1/s1. The number of methoxy groups -OCH3 is 1. The maximum absolute atomic E-state index is 12.4. The van der Waals surface area contributed by atoms with Gasteiger partial charge in [0.15, 0.2) is 5.82 Å². The summed E-state index contributed by atoms with van der Waals surface area (Å²) in [7, 11) is 1.56. The molecule has 1 atom stereocenters. The van der Waals surface area contributed by atoms with Gasteiger partial charge in [0.25, 0.3) is 5.91 Å². The summed E-state index contributed by atoms with van der Waals surface area (Å²) < 4.78 is 10.4. The third-order valence-corrected chi connectivity index (χ3v) is 5.21. The van der Waals surface area contributed by atoms with Gasteiger partial charge in [0.2, 0.25) is 0 Å². The fourth-order valence-electron chi connectivity index (χ4n) is 3.51. The summed E-state index contributed by atoms with van der Waals surface area (Å²) in [6.07, 6.45) is 1.24. The zero-order valence-corrected chi connectivity index (χ0v) is 19.3. The number of carbonyl (C=O) groups excluding carboxylic acids is 2. The average molecular weight is 457 g/mol. The van der Waals surface area contributed by atoms with E-state index in [2.05, 4.69) is 26.3 Å². The molecule has 6 N–H and O–H groups in total. The van der Waals surface area contributed by atoms with Crippen LogP contribution in [0.25, 0.3) is 0 Å².